The molecule has 0 aliphatic heterocycles. The Morgan fingerprint density at radius 1 is 1.03 bits per heavy atom. The Morgan fingerprint density at radius 3 is 2.57 bits per heavy atom. The molecule has 3 aromatic carbocycles. The molecule has 0 aliphatic rings. The lowest BCUT2D eigenvalue weighted by Gasteiger charge is -2.16. The maximum atomic E-state index is 12.6. The van der Waals surface area contributed by atoms with E-state index in [-0.39, 0.29) is 12.6 Å². The van der Waals surface area contributed by atoms with Crippen LogP contribution in [0.1, 0.15) is 34.4 Å². The quantitative estimate of drug-likeness (QED) is 0.289. The number of carbonyl (C=O) groups excluding carboxylic acids is 1. The van der Waals surface area contributed by atoms with Gasteiger partial charge in [-0.25, -0.2) is 9.78 Å². The van der Waals surface area contributed by atoms with Gasteiger partial charge in [-0.1, -0.05) is 42.5 Å². The summed E-state index contributed by atoms with van der Waals surface area (Å²) < 4.78 is 15.3. The largest absolute Gasteiger partial charge is 0.491 e. The number of aliphatic hydroxyl groups is 1. The molecule has 0 saturated carbocycles. The molecule has 190 valence electrons. The van der Waals surface area contributed by atoms with E-state index in [0.29, 0.717) is 30.9 Å². The molecule has 5 aromatic rings. The van der Waals surface area contributed by atoms with Crippen LogP contribution in [-0.4, -0.2) is 44.5 Å². The number of ether oxygens (including phenoxy) is 2. The van der Waals surface area contributed by atoms with Crippen molar-refractivity contribution in [3.05, 3.63) is 95.4 Å². The van der Waals surface area contributed by atoms with Gasteiger partial charge in [0.25, 0.3) is 0 Å². The smallest absolute Gasteiger partial charge is 0.340 e. The first kappa shape index (κ1) is 24.6. The van der Waals surface area contributed by atoms with Crippen LogP contribution in [-0.2, 0) is 24.8 Å². The lowest BCUT2D eigenvalue weighted by atomic mass is 10.1. The van der Waals surface area contributed by atoms with Crippen LogP contribution in [0, 0.1) is 6.92 Å². The van der Waals surface area contributed by atoms with Crippen LogP contribution in [0.2, 0.25) is 0 Å². The Labute approximate surface area is 215 Å². The van der Waals surface area contributed by atoms with Crippen molar-refractivity contribution < 1.29 is 19.4 Å². The standard InChI is InChI=1S/C30H31N3O4/c1-4-36-30(35)29-20(2)32(3)26-15-14-23(17-24(26)29)37-19-22(34)18-33-27-13-9-8-12-25(27)31-28(33)16-21-10-6-5-7-11-21/h5-15,17,22,34H,4,16,18-19H2,1-3H3/t22-/m1/s1. The molecule has 2 heterocycles. The highest BCUT2D eigenvalue weighted by atomic mass is 16.5. The highest BCUT2D eigenvalue weighted by molar-refractivity contribution is 6.06. The van der Waals surface area contributed by atoms with E-state index in [1.165, 1.54) is 0 Å². The van der Waals surface area contributed by atoms with Crippen molar-refractivity contribution in [2.45, 2.75) is 32.9 Å². The number of aromatic nitrogens is 3. The number of hydrogen-bond acceptors (Lipinski definition) is 5. The maximum Gasteiger partial charge on any atom is 0.340 e. The number of aryl methyl sites for hydroxylation is 1. The van der Waals surface area contributed by atoms with E-state index in [2.05, 4.69) is 16.7 Å². The van der Waals surface area contributed by atoms with Crippen molar-refractivity contribution in [1.29, 1.82) is 0 Å². The topological polar surface area (TPSA) is 78.5 Å². The van der Waals surface area contributed by atoms with Crippen molar-refractivity contribution >= 4 is 27.9 Å². The first-order chi connectivity index (χ1) is 18.0. The van der Waals surface area contributed by atoms with Gasteiger partial charge in [0.1, 0.15) is 24.3 Å². The summed E-state index contributed by atoms with van der Waals surface area (Å²) in [5.74, 6) is 1.13. The lowest BCUT2D eigenvalue weighted by Crippen LogP contribution is -2.24. The molecule has 1 N–H and O–H groups in total. The number of fused-ring (bicyclic) bond motifs is 2. The van der Waals surface area contributed by atoms with Gasteiger partial charge in [-0.2, -0.15) is 0 Å². The molecule has 0 radical (unpaired) electrons. The van der Waals surface area contributed by atoms with Gasteiger partial charge in [0, 0.05) is 30.1 Å². The molecule has 37 heavy (non-hydrogen) atoms. The molecule has 2 aromatic heterocycles. The molecular formula is C30H31N3O4. The highest BCUT2D eigenvalue weighted by Crippen LogP contribution is 2.29. The highest BCUT2D eigenvalue weighted by Gasteiger charge is 2.21. The van der Waals surface area contributed by atoms with Gasteiger partial charge in [-0.3, -0.25) is 0 Å². The fourth-order valence-corrected chi connectivity index (χ4v) is 4.80. The average molecular weight is 498 g/mol. The summed E-state index contributed by atoms with van der Waals surface area (Å²) in [6.07, 6.45) is -0.0890. The summed E-state index contributed by atoms with van der Waals surface area (Å²) in [5.41, 5.74) is 5.34. The molecule has 0 unspecified atom stereocenters. The van der Waals surface area contributed by atoms with Gasteiger partial charge in [-0.15, -0.1) is 0 Å². The minimum atomic E-state index is -0.759. The second-order valence-electron chi connectivity index (χ2n) is 9.17. The van der Waals surface area contributed by atoms with Crippen LogP contribution in [0.3, 0.4) is 0 Å². The fraction of sp³-hybridized carbons (Fsp3) is 0.267. The third-order valence-electron chi connectivity index (χ3n) is 6.72. The minimum absolute atomic E-state index is 0.101. The van der Waals surface area contributed by atoms with Gasteiger partial charge >= 0.3 is 5.97 Å². The van der Waals surface area contributed by atoms with Crippen molar-refractivity contribution in [3.8, 4) is 5.75 Å². The number of esters is 1. The Morgan fingerprint density at radius 2 is 1.78 bits per heavy atom. The molecule has 0 saturated heterocycles. The number of aliphatic hydroxyl groups excluding tert-OH is 1. The van der Waals surface area contributed by atoms with Crippen LogP contribution in [0.4, 0.5) is 0 Å². The SMILES string of the molecule is CCOC(=O)c1c(C)n(C)c2ccc(OC[C@H](O)Cn3c(Cc4ccccc4)nc4ccccc43)cc12. The van der Waals surface area contributed by atoms with Gasteiger partial charge in [0.15, 0.2) is 0 Å². The third-order valence-corrected chi connectivity index (χ3v) is 6.72. The predicted molar refractivity (Wildman–Crippen MR) is 144 cm³/mol. The molecular weight excluding hydrogens is 466 g/mol. The molecule has 0 spiro atoms. The zero-order valence-corrected chi connectivity index (χ0v) is 21.3. The minimum Gasteiger partial charge on any atom is -0.491 e. The Bertz CT molecular complexity index is 1550. The van der Waals surface area contributed by atoms with Crippen molar-refractivity contribution in [1.82, 2.24) is 14.1 Å². The van der Waals surface area contributed by atoms with Crippen LogP contribution in [0.25, 0.3) is 21.9 Å². The monoisotopic (exact) mass is 497 g/mol. The zero-order valence-electron chi connectivity index (χ0n) is 21.3. The van der Waals surface area contributed by atoms with Crippen LogP contribution >= 0.6 is 0 Å². The normalized spacial score (nSPS) is 12.2. The van der Waals surface area contributed by atoms with E-state index in [1.807, 2.05) is 79.2 Å². The summed E-state index contributed by atoms with van der Waals surface area (Å²) in [5, 5.41) is 11.7. The Kier molecular flexibility index (Phi) is 6.97. The van der Waals surface area contributed by atoms with Crippen LogP contribution in [0.15, 0.2) is 72.8 Å². The number of rotatable bonds is 9. The van der Waals surface area contributed by atoms with Crippen LogP contribution in [0.5, 0.6) is 5.75 Å². The number of benzene rings is 3. The second-order valence-corrected chi connectivity index (χ2v) is 9.17. The summed E-state index contributed by atoms with van der Waals surface area (Å²) in [6.45, 7) is 4.46. The predicted octanol–water partition coefficient (Wildman–Crippen LogP) is 5.04. The molecule has 1 atom stereocenters. The average Bonchev–Trinajstić information content (AvgIpc) is 3.37. The first-order valence-corrected chi connectivity index (χ1v) is 12.5. The third kappa shape index (κ3) is 4.95. The molecule has 5 rings (SSSR count). The van der Waals surface area contributed by atoms with E-state index in [9.17, 15) is 9.90 Å². The zero-order chi connectivity index (χ0) is 25.9. The molecule has 0 bridgehead atoms. The van der Waals surface area contributed by atoms with Crippen molar-refractivity contribution in [2.24, 2.45) is 7.05 Å². The Balaban J connectivity index is 1.36. The summed E-state index contributed by atoms with van der Waals surface area (Å²) >= 11 is 0. The number of carbonyl (C=O) groups is 1. The lowest BCUT2D eigenvalue weighted by molar-refractivity contribution is 0.0527. The van der Waals surface area contributed by atoms with Gasteiger partial charge in [0.05, 0.1) is 29.7 Å². The maximum absolute atomic E-state index is 12.6. The van der Waals surface area contributed by atoms with Crippen LogP contribution < -0.4 is 4.74 Å². The molecule has 0 amide bonds. The van der Waals surface area contributed by atoms with E-state index >= 15 is 0 Å². The van der Waals surface area contributed by atoms with Gasteiger partial charge in [0.2, 0.25) is 0 Å². The van der Waals surface area contributed by atoms with E-state index in [1.54, 1.807) is 6.92 Å². The Hall–Kier alpha value is -4.10. The van der Waals surface area contributed by atoms with E-state index in [0.717, 1.165) is 39.0 Å². The molecule has 0 aliphatic carbocycles. The fourth-order valence-electron chi connectivity index (χ4n) is 4.80. The first-order valence-electron chi connectivity index (χ1n) is 12.5. The van der Waals surface area contributed by atoms with E-state index in [4.69, 9.17) is 14.5 Å². The number of imidazole rings is 1. The van der Waals surface area contributed by atoms with Crippen molar-refractivity contribution in [2.75, 3.05) is 13.2 Å². The molecule has 0 fully saturated rings. The van der Waals surface area contributed by atoms with Gasteiger partial charge < -0.3 is 23.7 Å². The summed E-state index contributed by atoms with van der Waals surface area (Å²) in [4.78, 5) is 17.4. The number of para-hydroxylation sites is 2. The number of nitrogens with zero attached hydrogens (tertiary/aromatic N) is 3. The molecule has 7 heteroatoms. The van der Waals surface area contributed by atoms with Gasteiger partial charge in [-0.05, 0) is 49.7 Å². The molecule has 7 nitrogen and oxygen atoms in total. The number of hydrogen-bond donors (Lipinski definition) is 1. The second kappa shape index (κ2) is 10.5. The van der Waals surface area contributed by atoms with E-state index < -0.39 is 6.10 Å². The summed E-state index contributed by atoms with van der Waals surface area (Å²) in [7, 11) is 1.92. The van der Waals surface area contributed by atoms with Crippen molar-refractivity contribution in [3.63, 3.8) is 0 Å². The summed E-state index contributed by atoms with van der Waals surface area (Å²) in [6, 6.07) is 23.8.